The van der Waals surface area contributed by atoms with Crippen LogP contribution in [0.1, 0.15) is 28.6 Å². The van der Waals surface area contributed by atoms with Gasteiger partial charge < -0.3 is 20.5 Å². The van der Waals surface area contributed by atoms with Crippen LogP contribution in [0.4, 0.5) is 10.7 Å². The molecule has 0 fully saturated rings. The Morgan fingerprint density at radius 3 is 2.80 bits per heavy atom. The minimum absolute atomic E-state index is 0.125. The number of nitriles is 1. The fourth-order valence-electron chi connectivity index (χ4n) is 1.56. The number of ketones is 1. The number of rotatable bonds is 9. The van der Waals surface area contributed by atoms with Gasteiger partial charge in [-0.2, -0.15) is 5.26 Å². The van der Waals surface area contributed by atoms with Crippen molar-refractivity contribution < 1.29 is 14.3 Å². The topological polar surface area (TPSA) is 97.4 Å². The standard InChI is InChI=1S/C13H19N3O3S/c1-9(17)12-11(15)10(8-14)13(20-12)16-4-3-5-19-7-6-18-2/h16H,3-7,15H2,1-2H3. The first-order chi connectivity index (χ1) is 9.61. The van der Waals surface area contributed by atoms with Crippen molar-refractivity contribution in [3.05, 3.63) is 10.4 Å². The first kappa shape index (κ1) is 16.4. The zero-order valence-corrected chi connectivity index (χ0v) is 12.5. The molecule has 6 nitrogen and oxygen atoms in total. The number of thiophene rings is 1. The zero-order valence-electron chi connectivity index (χ0n) is 11.7. The molecule has 0 unspecified atom stereocenters. The summed E-state index contributed by atoms with van der Waals surface area (Å²) in [7, 11) is 1.63. The molecule has 0 aliphatic rings. The highest BCUT2D eigenvalue weighted by Crippen LogP contribution is 2.35. The van der Waals surface area contributed by atoms with E-state index < -0.39 is 0 Å². The lowest BCUT2D eigenvalue weighted by Gasteiger charge is -2.05. The second kappa shape index (κ2) is 8.53. The van der Waals surface area contributed by atoms with Crippen molar-refractivity contribution in [2.45, 2.75) is 13.3 Å². The molecule has 0 aromatic carbocycles. The molecule has 0 saturated carbocycles. The summed E-state index contributed by atoms with van der Waals surface area (Å²) < 4.78 is 10.2. The smallest absolute Gasteiger partial charge is 0.171 e. The average Bonchev–Trinajstić information content (AvgIpc) is 2.74. The molecule has 0 bridgehead atoms. The predicted molar refractivity (Wildman–Crippen MR) is 79.3 cm³/mol. The highest BCUT2D eigenvalue weighted by molar-refractivity contribution is 7.18. The number of ether oxygens (including phenoxy) is 2. The fraction of sp³-hybridized carbons (Fsp3) is 0.538. The summed E-state index contributed by atoms with van der Waals surface area (Å²) in [6.07, 6.45) is 0.793. The fourth-order valence-corrected chi connectivity index (χ4v) is 2.55. The Hall–Kier alpha value is -1.62. The third kappa shape index (κ3) is 4.49. The van der Waals surface area contributed by atoms with Gasteiger partial charge in [-0.05, 0) is 6.42 Å². The van der Waals surface area contributed by atoms with Crippen molar-refractivity contribution in [2.75, 3.05) is 44.5 Å². The lowest BCUT2D eigenvalue weighted by atomic mass is 10.2. The Kier molecular flexibility index (Phi) is 7.01. The van der Waals surface area contributed by atoms with E-state index in [4.69, 9.17) is 20.5 Å². The van der Waals surface area contributed by atoms with E-state index in [0.717, 1.165) is 6.42 Å². The van der Waals surface area contributed by atoms with E-state index in [2.05, 4.69) is 5.32 Å². The first-order valence-electron chi connectivity index (χ1n) is 6.25. The minimum Gasteiger partial charge on any atom is -0.396 e. The molecule has 3 N–H and O–H groups in total. The number of carbonyl (C=O) groups excluding carboxylic acids is 1. The van der Waals surface area contributed by atoms with Crippen LogP contribution >= 0.6 is 11.3 Å². The molecule has 1 rings (SSSR count). The normalized spacial score (nSPS) is 10.2. The number of nitrogen functional groups attached to an aromatic ring is 1. The molecule has 0 saturated heterocycles. The summed E-state index contributed by atoms with van der Waals surface area (Å²) in [6, 6.07) is 2.03. The van der Waals surface area contributed by atoms with Gasteiger partial charge in [0.05, 0.1) is 23.8 Å². The molecule has 0 spiro atoms. The molecule has 0 aliphatic heterocycles. The summed E-state index contributed by atoms with van der Waals surface area (Å²) in [5, 5.41) is 12.9. The molecule has 0 aliphatic carbocycles. The molecule has 0 amide bonds. The van der Waals surface area contributed by atoms with Crippen LogP contribution in [-0.2, 0) is 9.47 Å². The maximum atomic E-state index is 11.4. The molecule has 0 atom stereocenters. The van der Waals surface area contributed by atoms with Gasteiger partial charge in [-0.15, -0.1) is 11.3 Å². The van der Waals surface area contributed by atoms with Gasteiger partial charge in [0, 0.05) is 27.2 Å². The third-order valence-corrected chi connectivity index (χ3v) is 3.82. The van der Waals surface area contributed by atoms with Crippen molar-refractivity contribution in [1.29, 1.82) is 5.26 Å². The molecule has 1 heterocycles. The van der Waals surface area contributed by atoms with Gasteiger partial charge in [0.2, 0.25) is 0 Å². The number of hydrogen-bond acceptors (Lipinski definition) is 7. The van der Waals surface area contributed by atoms with Gasteiger partial charge in [-0.25, -0.2) is 0 Å². The predicted octanol–water partition coefficient (Wildman–Crippen LogP) is 1.87. The van der Waals surface area contributed by atoms with Gasteiger partial charge in [0.25, 0.3) is 0 Å². The first-order valence-corrected chi connectivity index (χ1v) is 7.07. The van der Waals surface area contributed by atoms with E-state index in [0.29, 0.717) is 41.8 Å². The lowest BCUT2D eigenvalue weighted by Crippen LogP contribution is -2.08. The Balaban J connectivity index is 2.46. The van der Waals surface area contributed by atoms with Crippen LogP contribution in [-0.4, -0.2) is 39.3 Å². The molecule has 20 heavy (non-hydrogen) atoms. The second-order valence-electron chi connectivity index (χ2n) is 4.10. The third-order valence-electron chi connectivity index (χ3n) is 2.56. The highest BCUT2D eigenvalue weighted by atomic mass is 32.1. The summed E-state index contributed by atoms with van der Waals surface area (Å²) in [5.74, 6) is -0.125. The van der Waals surface area contributed by atoms with Crippen molar-refractivity contribution >= 4 is 27.8 Å². The van der Waals surface area contributed by atoms with Crippen LogP contribution in [0.15, 0.2) is 0 Å². The number of carbonyl (C=O) groups is 1. The number of Topliss-reactive ketones (excluding diaryl/α,β-unsaturated/α-hetero) is 1. The molecule has 7 heteroatoms. The average molecular weight is 297 g/mol. The van der Waals surface area contributed by atoms with Crippen LogP contribution in [0.25, 0.3) is 0 Å². The molecular weight excluding hydrogens is 278 g/mol. The SMILES string of the molecule is COCCOCCCNc1sc(C(C)=O)c(N)c1C#N. The summed E-state index contributed by atoms with van der Waals surface area (Å²) >= 11 is 1.22. The van der Waals surface area contributed by atoms with Gasteiger partial charge >= 0.3 is 0 Å². The van der Waals surface area contributed by atoms with Crippen molar-refractivity contribution in [2.24, 2.45) is 0 Å². The van der Waals surface area contributed by atoms with Crippen molar-refractivity contribution in [1.82, 2.24) is 0 Å². The largest absolute Gasteiger partial charge is 0.396 e. The van der Waals surface area contributed by atoms with Crippen LogP contribution in [0.3, 0.4) is 0 Å². The lowest BCUT2D eigenvalue weighted by molar-refractivity contribution is 0.0705. The van der Waals surface area contributed by atoms with Gasteiger partial charge in [-0.1, -0.05) is 0 Å². The summed E-state index contributed by atoms with van der Waals surface area (Å²) in [5.41, 5.74) is 6.40. The number of nitrogens with two attached hydrogens (primary N) is 1. The molecule has 0 radical (unpaired) electrons. The Bertz CT molecular complexity index is 494. The Morgan fingerprint density at radius 2 is 2.20 bits per heavy atom. The van der Waals surface area contributed by atoms with Crippen molar-refractivity contribution in [3.63, 3.8) is 0 Å². The van der Waals surface area contributed by atoms with E-state index in [1.807, 2.05) is 6.07 Å². The number of anilines is 2. The molecule has 1 aromatic rings. The van der Waals surface area contributed by atoms with Gasteiger partial charge in [0.15, 0.2) is 5.78 Å². The molecule has 110 valence electrons. The minimum atomic E-state index is -0.125. The second-order valence-corrected chi connectivity index (χ2v) is 5.12. The number of methoxy groups -OCH3 is 1. The van der Waals surface area contributed by atoms with Gasteiger partial charge in [0.1, 0.15) is 16.6 Å². The number of hydrogen-bond donors (Lipinski definition) is 2. The van der Waals surface area contributed by atoms with Crippen LogP contribution in [0, 0.1) is 11.3 Å². The van der Waals surface area contributed by atoms with Crippen molar-refractivity contribution in [3.8, 4) is 6.07 Å². The van der Waals surface area contributed by atoms with Crippen LogP contribution < -0.4 is 11.1 Å². The van der Waals surface area contributed by atoms with Gasteiger partial charge in [-0.3, -0.25) is 4.79 Å². The zero-order chi connectivity index (χ0) is 15.0. The van der Waals surface area contributed by atoms with Crippen LogP contribution in [0.5, 0.6) is 0 Å². The van der Waals surface area contributed by atoms with E-state index in [1.54, 1.807) is 7.11 Å². The summed E-state index contributed by atoms with van der Waals surface area (Å²) in [4.78, 5) is 11.8. The molecular formula is C13H19N3O3S. The molecule has 1 aromatic heterocycles. The Morgan fingerprint density at radius 1 is 1.45 bits per heavy atom. The number of nitrogens with zero attached hydrogens (tertiary/aromatic N) is 1. The maximum Gasteiger partial charge on any atom is 0.171 e. The van der Waals surface area contributed by atoms with E-state index >= 15 is 0 Å². The van der Waals surface area contributed by atoms with E-state index in [1.165, 1.54) is 18.3 Å². The van der Waals surface area contributed by atoms with Crippen LogP contribution in [0.2, 0.25) is 0 Å². The number of nitrogens with one attached hydrogen (secondary N) is 1. The maximum absolute atomic E-state index is 11.4. The highest BCUT2D eigenvalue weighted by Gasteiger charge is 2.18. The summed E-state index contributed by atoms with van der Waals surface area (Å²) in [6.45, 7) is 3.85. The quantitative estimate of drug-likeness (QED) is 0.533. The van der Waals surface area contributed by atoms with E-state index in [-0.39, 0.29) is 11.5 Å². The monoisotopic (exact) mass is 297 g/mol. The Labute approximate surface area is 122 Å². The van der Waals surface area contributed by atoms with E-state index in [9.17, 15) is 4.79 Å².